The van der Waals surface area contributed by atoms with Crippen molar-refractivity contribution < 1.29 is 46.9 Å². The number of fused-ring (bicyclic) bond motifs is 1. The summed E-state index contributed by atoms with van der Waals surface area (Å²) < 4.78 is 47.3. The van der Waals surface area contributed by atoms with E-state index in [1.165, 1.54) is 16.5 Å². The fourth-order valence-electron chi connectivity index (χ4n) is 8.78. The zero-order valence-corrected chi connectivity index (χ0v) is 43.6. The summed E-state index contributed by atoms with van der Waals surface area (Å²) in [5, 5.41) is 15.9. The number of alkyl halides is 3. The van der Waals surface area contributed by atoms with E-state index in [0.717, 1.165) is 90.7 Å². The van der Waals surface area contributed by atoms with Gasteiger partial charge in [0.2, 0.25) is 18.2 Å². The van der Waals surface area contributed by atoms with Crippen molar-refractivity contribution in [3.63, 3.8) is 0 Å². The van der Waals surface area contributed by atoms with Crippen LogP contribution in [0, 0.1) is 12.8 Å². The monoisotopic (exact) mass is 1050 g/mol. The van der Waals surface area contributed by atoms with E-state index in [1.807, 2.05) is 31.5 Å². The minimum atomic E-state index is -4.85. The van der Waals surface area contributed by atoms with Crippen LogP contribution < -0.4 is 26.0 Å². The number of aromatic nitrogens is 3. The molecule has 3 aliphatic heterocycles. The highest BCUT2D eigenvalue weighted by molar-refractivity contribution is 7.13. The number of halogens is 3. The van der Waals surface area contributed by atoms with Crippen LogP contribution in [0.2, 0.25) is 0 Å². The number of aliphatic hydroxyl groups is 1. The van der Waals surface area contributed by atoms with Gasteiger partial charge < -0.3 is 45.6 Å². The van der Waals surface area contributed by atoms with E-state index in [9.17, 15) is 37.5 Å². The molecule has 5 heterocycles. The van der Waals surface area contributed by atoms with Crippen molar-refractivity contribution >= 4 is 57.7 Å². The molecule has 0 saturated carbocycles. The Balaban J connectivity index is 0.000000352. The highest BCUT2D eigenvalue weighted by Gasteiger charge is 2.32. The van der Waals surface area contributed by atoms with Gasteiger partial charge in [-0.05, 0) is 80.5 Å². The molecule has 2 aromatic heterocycles. The summed E-state index contributed by atoms with van der Waals surface area (Å²) >= 11 is 1.64. The number of amides is 4. The number of aliphatic hydroxyl groups excluding tert-OH is 1. The molecule has 0 bridgehead atoms. The Morgan fingerprint density at radius 3 is 2.22 bits per heavy atom. The summed E-state index contributed by atoms with van der Waals surface area (Å²) in [4.78, 5) is 70.2. The Morgan fingerprint density at radius 2 is 1.59 bits per heavy atom. The lowest BCUT2D eigenvalue weighted by Crippen LogP contribution is -2.47. The number of piperazine rings is 1. The number of ether oxygens (including phenoxy) is 2. The normalized spacial score (nSPS) is 16.7. The average molecular weight is 1050 g/mol. The van der Waals surface area contributed by atoms with Crippen LogP contribution in [0.4, 0.5) is 24.5 Å². The molecule has 0 radical (unpaired) electrons. The first kappa shape index (κ1) is 56.9. The summed E-state index contributed by atoms with van der Waals surface area (Å²) in [5.41, 5.74) is 14.0. The second-order valence-electron chi connectivity index (χ2n) is 19.2. The standard InChI is InChI=1S/C36H45F3N8O6.C13H14N2OS.C4H10/c37-36(38,39)53-27-2-4-28(30(40)20-27)35(51)46-9-5-24(6-10-46)34-29-3-1-25(19-31(29)42-23-43-34)45-14-12-44(13-15-45)16-18-52-17-8-32(49)41-21-33(50)47-11-7-26(48)22-47;1-9(14-7-16)11-3-5-12(6-4-11)13-10(2)15-8-17-13;1-4(2)3/h1-4,19-20,23-24,26,48H,5-18,21-22,40H2,(H,41,49);3-9H,1-2H3,(H,14,16);4H,1-3H3/t;9-;/m.0./s1. The van der Waals surface area contributed by atoms with E-state index in [-0.39, 0.29) is 60.5 Å². The van der Waals surface area contributed by atoms with Gasteiger partial charge in [0.1, 0.15) is 12.1 Å². The first-order chi connectivity index (χ1) is 35.4. The fourth-order valence-corrected chi connectivity index (χ4v) is 9.59. The smallest absolute Gasteiger partial charge is 0.406 e. The van der Waals surface area contributed by atoms with Gasteiger partial charge in [0, 0.05) is 94.1 Å². The van der Waals surface area contributed by atoms with Crippen LogP contribution in [0.5, 0.6) is 5.75 Å². The van der Waals surface area contributed by atoms with Crippen molar-refractivity contribution in [2.75, 3.05) is 89.3 Å². The molecule has 1 unspecified atom stereocenters. The Kier molecular flexibility index (Phi) is 20.9. The highest BCUT2D eigenvalue weighted by atomic mass is 32.1. The zero-order chi connectivity index (χ0) is 53.4. The third-order valence-electron chi connectivity index (χ3n) is 12.8. The van der Waals surface area contributed by atoms with E-state index in [2.05, 4.69) is 91.2 Å². The van der Waals surface area contributed by atoms with Crippen molar-refractivity contribution in [1.29, 1.82) is 0 Å². The van der Waals surface area contributed by atoms with Gasteiger partial charge in [-0.2, -0.15) is 0 Å². The molecule has 3 aromatic carbocycles. The molecule has 17 nitrogen and oxygen atoms in total. The van der Waals surface area contributed by atoms with Crippen LogP contribution >= 0.6 is 11.3 Å². The average Bonchev–Trinajstić information content (AvgIpc) is 4.02. The van der Waals surface area contributed by atoms with Gasteiger partial charge in [-0.15, -0.1) is 24.5 Å². The second kappa shape index (κ2) is 27.2. The molecular weight excluding hydrogens is 978 g/mol. The van der Waals surface area contributed by atoms with E-state index < -0.39 is 18.2 Å². The van der Waals surface area contributed by atoms with Gasteiger partial charge >= 0.3 is 6.36 Å². The predicted octanol–water partition coefficient (Wildman–Crippen LogP) is 6.96. The third-order valence-corrected chi connectivity index (χ3v) is 13.7. The Bertz CT molecular complexity index is 2620. The van der Waals surface area contributed by atoms with Gasteiger partial charge in [-0.3, -0.25) is 24.1 Å². The number of piperidine rings is 1. The maximum absolute atomic E-state index is 13.2. The van der Waals surface area contributed by atoms with E-state index in [1.54, 1.807) is 27.5 Å². The maximum atomic E-state index is 13.2. The summed E-state index contributed by atoms with van der Waals surface area (Å²) in [6.07, 6.45) is -0.957. The molecule has 3 saturated heterocycles. The highest BCUT2D eigenvalue weighted by Crippen LogP contribution is 2.34. The molecular formula is C53H69F3N10O7S. The number of benzene rings is 3. The quantitative estimate of drug-likeness (QED) is 0.0449. The van der Waals surface area contributed by atoms with Gasteiger partial charge in [-0.25, -0.2) is 15.0 Å². The maximum Gasteiger partial charge on any atom is 0.573 e. The lowest BCUT2D eigenvalue weighted by atomic mass is 9.90. The van der Waals surface area contributed by atoms with Crippen LogP contribution in [0.3, 0.4) is 0 Å². The Hall–Kier alpha value is -6.42. The number of nitrogens with one attached hydrogen (secondary N) is 2. The molecule has 5 N–H and O–H groups in total. The summed E-state index contributed by atoms with van der Waals surface area (Å²) in [6.45, 7) is 17.0. The van der Waals surface area contributed by atoms with Crippen molar-refractivity contribution in [3.05, 3.63) is 95.0 Å². The second-order valence-corrected chi connectivity index (χ2v) is 20.1. The number of likely N-dealkylation sites (tertiary alicyclic amines) is 2. The molecule has 0 aliphatic carbocycles. The molecule has 3 fully saturated rings. The van der Waals surface area contributed by atoms with Crippen molar-refractivity contribution in [3.8, 4) is 16.2 Å². The number of hydrogen-bond acceptors (Lipinski definition) is 14. The van der Waals surface area contributed by atoms with Gasteiger partial charge in [0.25, 0.3) is 5.91 Å². The minimum Gasteiger partial charge on any atom is -0.406 e. The summed E-state index contributed by atoms with van der Waals surface area (Å²) in [7, 11) is 0. The first-order valence-corrected chi connectivity index (χ1v) is 25.9. The van der Waals surface area contributed by atoms with Gasteiger partial charge in [-0.1, -0.05) is 45.0 Å². The van der Waals surface area contributed by atoms with Crippen LogP contribution in [0.15, 0.2) is 72.5 Å². The number of carbonyl (C=O) groups is 4. The number of rotatable bonds is 16. The number of aryl methyl sites for hydroxylation is 1. The van der Waals surface area contributed by atoms with Crippen molar-refractivity contribution in [2.45, 2.75) is 84.7 Å². The number of nitrogen functional groups attached to an aromatic ring is 1. The fraction of sp³-hybridized carbons (Fsp3) is 0.491. The van der Waals surface area contributed by atoms with E-state index >= 15 is 0 Å². The van der Waals surface area contributed by atoms with Gasteiger partial charge in [0.05, 0.1) is 64.8 Å². The largest absolute Gasteiger partial charge is 0.573 e. The number of hydrogen-bond donors (Lipinski definition) is 4. The summed E-state index contributed by atoms with van der Waals surface area (Å²) in [6, 6.07) is 17.9. The summed E-state index contributed by atoms with van der Waals surface area (Å²) in [5.74, 6) is -0.301. The lowest BCUT2D eigenvalue weighted by Gasteiger charge is -2.36. The SMILES string of the molecule is CC(C)C.Cc1ncsc1-c1ccc([C@H](C)NC=O)cc1.Nc1cc(OC(F)(F)F)ccc1C(=O)N1CCC(c2ncnc3cc(N4CCN(CCOCCC(=O)NCC(=O)N5CCC(O)C5)CC4)ccc23)CC1. The Labute approximate surface area is 434 Å². The molecule has 8 rings (SSSR count). The third kappa shape index (κ3) is 16.8. The van der Waals surface area contributed by atoms with Crippen LogP contribution in [0.25, 0.3) is 21.3 Å². The number of anilines is 2. The van der Waals surface area contributed by atoms with Crippen molar-refractivity contribution in [1.82, 2.24) is 40.3 Å². The topological polar surface area (TPSA) is 209 Å². The molecule has 3 aliphatic rings. The number of thiazole rings is 1. The molecule has 74 heavy (non-hydrogen) atoms. The number of nitrogens with two attached hydrogens (primary N) is 1. The Morgan fingerprint density at radius 1 is 0.892 bits per heavy atom. The molecule has 2 atom stereocenters. The van der Waals surface area contributed by atoms with Crippen LogP contribution in [0.1, 0.15) is 92.6 Å². The minimum absolute atomic E-state index is 0.0455. The van der Waals surface area contributed by atoms with E-state index in [4.69, 9.17) is 10.5 Å². The molecule has 5 aromatic rings. The predicted molar refractivity (Wildman–Crippen MR) is 280 cm³/mol. The number of β-amino-alcohol motifs (C(OH)–C–C–N with tert-alkyl or cyclic N) is 1. The molecule has 0 spiro atoms. The molecule has 21 heteroatoms. The first-order valence-electron chi connectivity index (χ1n) is 25.1. The number of carbonyl (C=O) groups excluding carboxylic acids is 4. The van der Waals surface area contributed by atoms with E-state index in [0.29, 0.717) is 52.0 Å². The van der Waals surface area contributed by atoms with Crippen LogP contribution in [-0.2, 0) is 19.1 Å². The van der Waals surface area contributed by atoms with Crippen molar-refractivity contribution in [2.24, 2.45) is 5.92 Å². The van der Waals surface area contributed by atoms with Gasteiger partial charge in [0.15, 0.2) is 0 Å². The molecule has 400 valence electrons. The molecule has 4 amide bonds. The van der Waals surface area contributed by atoms with Crippen LogP contribution in [-0.4, -0.2) is 150 Å². The zero-order valence-electron chi connectivity index (χ0n) is 42.8. The number of nitrogens with zero attached hydrogens (tertiary/aromatic N) is 7. The lowest BCUT2D eigenvalue weighted by molar-refractivity contribution is -0.274.